The Morgan fingerprint density at radius 1 is 1.46 bits per heavy atom. The van der Waals surface area contributed by atoms with Crippen LogP contribution in [-0.4, -0.2) is 28.1 Å². The Kier molecular flexibility index (Phi) is 5.06. The number of amides is 1. The van der Waals surface area contributed by atoms with Gasteiger partial charge in [-0.3, -0.25) is 4.79 Å². The van der Waals surface area contributed by atoms with Crippen LogP contribution in [0.4, 0.5) is 0 Å². The summed E-state index contributed by atoms with van der Waals surface area (Å²) in [6.45, 7) is 7.99. The largest absolute Gasteiger partial charge is 0.376 e. The van der Waals surface area contributed by atoms with E-state index in [4.69, 9.17) is 9.26 Å². The molecule has 5 nitrogen and oxygen atoms in total. The van der Waals surface area contributed by atoms with Crippen molar-refractivity contribution in [1.82, 2.24) is 10.1 Å². The SMILES string of the molecule is CCCC(C)(C)N(Cc1cccs1)C(=O)c1noc2c1COCC2. The number of fused-ring (bicyclic) bond motifs is 1. The summed E-state index contributed by atoms with van der Waals surface area (Å²) < 4.78 is 10.9. The fourth-order valence-electron chi connectivity index (χ4n) is 3.19. The van der Waals surface area contributed by atoms with Gasteiger partial charge in [0.2, 0.25) is 0 Å². The zero-order valence-electron chi connectivity index (χ0n) is 14.5. The molecule has 0 saturated heterocycles. The van der Waals surface area contributed by atoms with Gasteiger partial charge in [-0.15, -0.1) is 11.3 Å². The second-order valence-electron chi connectivity index (χ2n) is 6.77. The summed E-state index contributed by atoms with van der Waals surface area (Å²) >= 11 is 1.67. The molecule has 2 aromatic heterocycles. The highest BCUT2D eigenvalue weighted by Gasteiger charge is 2.35. The first-order valence-electron chi connectivity index (χ1n) is 8.42. The Morgan fingerprint density at radius 3 is 3.00 bits per heavy atom. The molecule has 0 radical (unpaired) electrons. The molecule has 1 aliphatic rings. The van der Waals surface area contributed by atoms with Crippen LogP contribution < -0.4 is 0 Å². The topological polar surface area (TPSA) is 55.6 Å². The second kappa shape index (κ2) is 7.07. The zero-order chi connectivity index (χ0) is 17.2. The molecule has 2 aromatic rings. The molecular formula is C18H24N2O3S. The van der Waals surface area contributed by atoms with E-state index in [1.165, 1.54) is 4.88 Å². The molecule has 0 aromatic carbocycles. The number of ether oxygens (including phenoxy) is 1. The Balaban J connectivity index is 1.92. The van der Waals surface area contributed by atoms with Crippen molar-refractivity contribution < 1.29 is 14.1 Å². The number of aromatic nitrogens is 1. The van der Waals surface area contributed by atoms with E-state index in [2.05, 4.69) is 32.0 Å². The minimum absolute atomic E-state index is 0.0719. The molecule has 0 N–H and O–H groups in total. The molecule has 0 spiro atoms. The van der Waals surface area contributed by atoms with Gasteiger partial charge in [-0.1, -0.05) is 24.6 Å². The molecule has 0 atom stereocenters. The summed E-state index contributed by atoms with van der Waals surface area (Å²) in [4.78, 5) is 16.4. The van der Waals surface area contributed by atoms with Gasteiger partial charge in [0.05, 0.1) is 25.3 Å². The van der Waals surface area contributed by atoms with Crippen LogP contribution in [0, 0.1) is 0 Å². The number of nitrogens with zero attached hydrogens (tertiary/aromatic N) is 2. The average molecular weight is 348 g/mol. The van der Waals surface area contributed by atoms with Gasteiger partial charge >= 0.3 is 0 Å². The Labute approximate surface area is 146 Å². The monoisotopic (exact) mass is 348 g/mol. The molecule has 0 unspecified atom stereocenters. The maximum atomic E-state index is 13.3. The summed E-state index contributed by atoms with van der Waals surface area (Å²) in [5.74, 6) is 0.714. The van der Waals surface area contributed by atoms with Crippen molar-refractivity contribution in [3.8, 4) is 0 Å². The van der Waals surface area contributed by atoms with Crippen LogP contribution in [0.2, 0.25) is 0 Å². The van der Waals surface area contributed by atoms with Crippen LogP contribution in [0.3, 0.4) is 0 Å². The van der Waals surface area contributed by atoms with Gasteiger partial charge in [-0.05, 0) is 31.7 Å². The Hall–Kier alpha value is -1.66. The van der Waals surface area contributed by atoms with Crippen molar-refractivity contribution >= 4 is 17.2 Å². The first kappa shape index (κ1) is 17.2. The fraction of sp³-hybridized carbons (Fsp3) is 0.556. The quantitative estimate of drug-likeness (QED) is 0.791. The molecule has 130 valence electrons. The molecule has 1 aliphatic heterocycles. The lowest BCUT2D eigenvalue weighted by Crippen LogP contribution is -2.47. The molecule has 3 rings (SSSR count). The van der Waals surface area contributed by atoms with Gasteiger partial charge in [-0.25, -0.2) is 0 Å². The van der Waals surface area contributed by atoms with Crippen LogP contribution in [-0.2, 0) is 24.3 Å². The van der Waals surface area contributed by atoms with Crippen LogP contribution in [0.5, 0.6) is 0 Å². The molecule has 1 amide bonds. The average Bonchev–Trinajstić information content (AvgIpc) is 3.21. The summed E-state index contributed by atoms with van der Waals surface area (Å²) in [6.07, 6.45) is 2.63. The van der Waals surface area contributed by atoms with Crippen LogP contribution in [0.1, 0.15) is 60.3 Å². The maximum Gasteiger partial charge on any atom is 0.277 e. The van der Waals surface area contributed by atoms with Gasteiger partial charge in [0.15, 0.2) is 5.69 Å². The summed E-state index contributed by atoms with van der Waals surface area (Å²) in [7, 11) is 0. The number of rotatable bonds is 6. The van der Waals surface area contributed by atoms with E-state index in [1.807, 2.05) is 16.3 Å². The van der Waals surface area contributed by atoms with Crippen molar-refractivity contribution in [3.05, 3.63) is 39.4 Å². The molecule has 24 heavy (non-hydrogen) atoms. The zero-order valence-corrected chi connectivity index (χ0v) is 15.3. The third-order valence-corrected chi connectivity index (χ3v) is 5.38. The molecule has 3 heterocycles. The minimum atomic E-state index is -0.253. The number of carbonyl (C=O) groups excluding carboxylic acids is 1. The van der Waals surface area contributed by atoms with E-state index >= 15 is 0 Å². The van der Waals surface area contributed by atoms with Gasteiger partial charge < -0.3 is 14.2 Å². The molecule has 6 heteroatoms. The maximum absolute atomic E-state index is 13.3. The predicted octanol–water partition coefficient (Wildman–Crippen LogP) is 4.03. The van der Waals surface area contributed by atoms with Crippen molar-refractivity contribution in [2.75, 3.05) is 6.61 Å². The summed E-state index contributed by atoms with van der Waals surface area (Å²) in [5.41, 5.74) is 0.970. The minimum Gasteiger partial charge on any atom is -0.376 e. The van der Waals surface area contributed by atoms with E-state index in [9.17, 15) is 4.79 Å². The fourth-order valence-corrected chi connectivity index (χ4v) is 3.88. The Bertz CT molecular complexity index is 691. The summed E-state index contributed by atoms with van der Waals surface area (Å²) in [6, 6.07) is 4.08. The van der Waals surface area contributed by atoms with E-state index in [0.717, 1.165) is 24.2 Å². The number of carbonyl (C=O) groups is 1. The first-order chi connectivity index (χ1) is 11.5. The second-order valence-corrected chi connectivity index (χ2v) is 7.80. The highest BCUT2D eigenvalue weighted by Crippen LogP contribution is 2.29. The van der Waals surface area contributed by atoms with Gasteiger partial charge in [0.1, 0.15) is 5.76 Å². The van der Waals surface area contributed by atoms with Gasteiger partial charge in [0, 0.05) is 16.8 Å². The van der Waals surface area contributed by atoms with E-state index in [1.54, 1.807) is 11.3 Å². The standard InChI is InChI=1S/C18H24N2O3S/c1-4-8-18(2,3)20(11-13-6-5-10-24-13)17(21)16-14-12-22-9-7-15(14)23-19-16/h5-6,10H,4,7-9,11-12H2,1-3H3. The van der Waals surface area contributed by atoms with Crippen LogP contribution in [0.25, 0.3) is 0 Å². The highest BCUT2D eigenvalue weighted by molar-refractivity contribution is 7.09. The first-order valence-corrected chi connectivity index (χ1v) is 9.30. The van der Waals surface area contributed by atoms with Gasteiger partial charge in [-0.2, -0.15) is 0 Å². The lowest BCUT2D eigenvalue weighted by Gasteiger charge is -2.38. The number of hydrogen-bond acceptors (Lipinski definition) is 5. The van der Waals surface area contributed by atoms with Gasteiger partial charge in [0.25, 0.3) is 5.91 Å². The highest BCUT2D eigenvalue weighted by atomic mass is 32.1. The summed E-state index contributed by atoms with van der Waals surface area (Å²) in [5, 5.41) is 6.12. The van der Waals surface area contributed by atoms with Crippen LogP contribution >= 0.6 is 11.3 Å². The van der Waals surface area contributed by atoms with Crippen molar-refractivity contribution in [1.29, 1.82) is 0 Å². The smallest absolute Gasteiger partial charge is 0.277 e. The van der Waals surface area contributed by atoms with E-state index in [-0.39, 0.29) is 11.4 Å². The lowest BCUT2D eigenvalue weighted by atomic mass is 9.95. The third kappa shape index (κ3) is 3.39. The number of thiophene rings is 1. The predicted molar refractivity (Wildman–Crippen MR) is 93.0 cm³/mol. The van der Waals surface area contributed by atoms with E-state index < -0.39 is 0 Å². The van der Waals surface area contributed by atoms with Crippen LogP contribution in [0.15, 0.2) is 22.0 Å². The lowest BCUT2D eigenvalue weighted by molar-refractivity contribution is 0.0487. The molecular weight excluding hydrogens is 324 g/mol. The molecule has 0 bridgehead atoms. The molecule has 0 aliphatic carbocycles. The van der Waals surface area contributed by atoms with E-state index in [0.29, 0.717) is 31.9 Å². The molecule has 0 fully saturated rings. The van der Waals surface area contributed by atoms with Crippen molar-refractivity contribution in [3.63, 3.8) is 0 Å². The van der Waals surface area contributed by atoms with Crippen molar-refractivity contribution in [2.24, 2.45) is 0 Å². The Morgan fingerprint density at radius 2 is 2.29 bits per heavy atom. The van der Waals surface area contributed by atoms with Crippen molar-refractivity contribution in [2.45, 2.75) is 58.7 Å². The number of hydrogen-bond donors (Lipinski definition) is 0. The molecule has 0 saturated carbocycles. The normalized spacial score (nSPS) is 14.5. The third-order valence-electron chi connectivity index (χ3n) is 4.52.